The van der Waals surface area contributed by atoms with Gasteiger partial charge in [0.1, 0.15) is 16.5 Å². The maximum absolute atomic E-state index is 10.8. The molecule has 0 bridgehead atoms. The highest BCUT2D eigenvalue weighted by molar-refractivity contribution is 5.62. The first-order chi connectivity index (χ1) is 12.5. The van der Waals surface area contributed by atoms with Crippen LogP contribution in [0.25, 0.3) is 6.08 Å². The van der Waals surface area contributed by atoms with Gasteiger partial charge in [-0.1, -0.05) is 42.5 Å². The minimum absolute atomic E-state index is 0.264. The molecule has 0 saturated carbocycles. The van der Waals surface area contributed by atoms with E-state index in [1.807, 2.05) is 37.3 Å². The predicted octanol–water partition coefficient (Wildman–Crippen LogP) is 3.56. The fraction of sp³-hybridized carbons (Fsp3) is 0.222. The number of nitro groups is 2. The van der Waals surface area contributed by atoms with Crippen molar-refractivity contribution in [2.75, 3.05) is 6.61 Å². The van der Waals surface area contributed by atoms with Gasteiger partial charge in [0.2, 0.25) is 0 Å². The summed E-state index contributed by atoms with van der Waals surface area (Å²) in [6, 6.07) is 14.5. The first kappa shape index (κ1) is 18.9. The Hall–Kier alpha value is -3.42. The molecule has 0 aliphatic rings. The lowest BCUT2D eigenvalue weighted by Crippen LogP contribution is -2.25. The molecule has 0 aliphatic carbocycles. The Morgan fingerprint density at radius 1 is 1.00 bits per heavy atom. The summed E-state index contributed by atoms with van der Waals surface area (Å²) in [6.07, 6.45) is 0.201. The van der Waals surface area contributed by atoms with Crippen molar-refractivity contribution in [2.45, 2.75) is 19.7 Å². The number of nitrogens with zero attached hydrogens (tertiary/aromatic N) is 2. The summed E-state index contributed by atoms with van der Waals surface area (Å²) in [5.41, 5.74) is 1.39. The second-order valence-corrected chi connectivity index (χ2v) is 5.23. The van der Waals surface area contributed by atoms with E-state index < -0.39 is 16.0 Å². The molecule has 0 N–H and O–H groups in total. The van der Waals surface area contributed by atoms with Gasteiger partial charge in [-0.15, -0.1) is 0 Å². The standard InChI is InChI=1S/C18H18N2O6/c1-2-25-16-10-6-9-15(11-12-17(19(21)22)20(23)24)18(16)26-13-14-7-4-3-5-8-14/h3-12,17H,2,13H2,1H3. The lowest BCUT2D eigenvalue weighted by molar-refractivity contribution is -0.727. The molecule has 0 saturated heterocycles. The van der Waals surface area contributed by atoms with E-state index in [1.165, 1.54) is 6.08 Å². The fourth-order valence-electron chi connectivity index (χ4n) is 2.22. The van der Waals surface area contributed by atoms with Crippen molar-refractivity contribution in [1.82, 2.24) is 0 Å². The van der Waals surface area contributed by atoms with E-state index >= 15 is 0 Å². The molecule has 0 aliphatic heterocycles. The van der Waals surface area contributed by atoms with Crippen LogP contribution < -0.4 is 9.47 Å². The number of ether oxygens (including phenoxy) is 2. The van der Waals surface area contributed by atoms with Crippen molar-refractivity contribution in [3.8, 4) is 11.5 Å². The van der Waals surface area contributed by atoms with E-state index in [9.17, 15) is 20.2 Å². The highest BCUT2D eigenvalue weighted by Crippen LogP contribution is 2.33. The Morgan fingerprint density at radius 3 is 2.31 bits per heavy atom. The van der Waals surface area contributed by atoms with E-state index in [2.05, 4.69) is 0 Å². The summed E-state index contributed by atoms with van der Waals surface area (Å²) in [5.74, 6) is 0.837. The highest BCUT2D eigenvalue weighted by atomic mass is 16.7. The van der Waals surface area contributed by atoms with Crippen LogP contribution in [0, 0.1) is 20.2 Å². The van der Waals surface area contributed by atoms with E-state index in [-0.39, 0.29) is 6.61 Å². The molecule has 0 spiro atoms. The molecule has 8 heteroatoms. The SMILES string of the molecule is CCOc1cccc(C=CC([N+](=O)[O-])[N+](=O)[O-])c1OCc1ccccc1. The topological polar surface area (TPSA) is 105 Å². The van der Waals surface area contributed by atoms with Crippen molar-refractivity contribution in [1.29, 1.82) is 0 Å². The molecule has 2 aromatic carbocycles. The smallest absolute Gasteiger partial charge is 0.470 e. The molecule has 0 heterocycles. The maximum Gasteiger partial charge on any atom is 0.470 e. The third-order valence-corrected chi connectivity index (χ3v) is 3.42. The van der Waals surface area contributed by atoms with Crippen LogP contribution in [0.5, 0.6) is 11.5 Å². The van der Waals surface area contributed by atoms with Crippen LogP contribution in [-0.2, 0) is 6.61 Å². The summed E-state index contributed by atoms with van der Waals surface area (Å²) in [4.78, 5) is 19.6. The van der Waals surface area contributed by atoms with Gasteiger partial charge in [-0.3, -0.25) is 20.2 Å². The maximum atomic E-state index is 10.8. The molecular weight excluding hydrogens is 340 g/mol. The Morgan fingerprint density at radius 2 is 1.69 bits per heavy atom. The molecular formula is C18H18N2O6. The molecule has 0 atom stereocenters. The molecule has 0 fully saturated rings. The summed E-state index contributed by atoms with van der Waals surface area (Å²) in [5, 5.41) is 21.6. The first-order valence-corrected chi connectivity index (χ1v) is 7.90. The van der Waals surface area contributed by atoms with Crippen LogP contribution in [0.1, 0.15) is 18.1 Å². The third-order valence-electron chi connectivity index (χ3n) is 3.42. The van der Waals surface area contributed by atoms with Gasteiger partial charge in [0, 0.05) is 5.56 Å². The van der Waals surface area contributed by atoms with Crippen molar-refractivity contribution in [3.05, 3.63) is 86.0 Å². The monoisotopic (exact) mass is 358 g/mol. The number of para-hydroxylation sites is 1. The van der Waals surface area contributed by atoms with Crippen LogP contribution in [0.4, 0.5) is 0 Å². The van der Waals surface area contributed by atoms with Gasteiger partial charge in [-0.2, -0.15) is 0 Å². The van der Waals surface area contributed by atoms with Crippen molar-refractivity contribution >= 4 is 6.08 Å². The first-order valence-electron chi connectivity index (χ1n) is 7.90. The molecule has 0 radical (unpaired) electrons. The lowest BCUT2D eigenvalue weighted by Gasteiger charge is -2.14. The van der Waals surface area contributed by atoms with Crippen LogP contribution in [0.15, 0.2) is 54.6 Å². The van der Waals surface area contributed by atoms with Gasteiger partial charge in [0.25, 0.3) is 0 Å². The molecule has 2 aromatic rings. The largest absolute Gasteiger partial charge is 0.490 e. The fourth-order valence-corrected chi connectivity index (χ4v) is 2.22. The number of hydrogen-bond donors (Lipinski definition) is 0. The number of hydrogen-bond acceptors (Lipinski definition) is 6. The second-order valence-electron chi connectivity index (χ2n) is 5.23. The van der Waals surface area contributed by atoms with Crippen LogP contribution in [0.3, 0.4) is 0 Å². The van der Waals surface area contributed by atoms with E-state index in [0.29, 0.717) is 23.7 Å². The second kappa shape index (κ2) is 9.16. The summed E-state index contributed by atoms with van der Waals surface area (Å²) in [7, 11) is 0. The molecule has 2 rings (SSSR count). The average molecular weight is 358 g/mol. The van der Waals surface area contributed by atoms with Gasteiger partial charge < -0.3 is 9.47 Å². The number of rotatable bonds is 9. The van der Waals surface area contributed by atoms with Crippen LogP contribution in [0.2, 0.25) is 0 Å². The normalized spacial score (nSPS) is 10.8. The Balaban J connectivity index is 2.31. The average Bonchev–Trinajstić information content (AvgIpc) is 2.61. The number of benzene rings is 2. The van der Waals surface area contributed by atoms with E-state index in [1.54, 1.807) is 18.2 Å². The van der Waals surface area contributed by atoms with Crippen molar-refractivity contribution < 1.29 is 19.3 Å². The highest BCUT2D eigenvalue weighted by Gasteiger charge is 2.28. The van der Waals surface area contributed by atoms with E-state index in [4.69, 9.17) is 9.47 Å². The van der Waals surface area contributed by atoms with Crippen molar-refractivity contribution in [2.24, 2.45) is 0 Å². The molecule has 0 aromatic heterocycles. The summed E-state index contributed by atoms with van der Waals surface area (Å²) in [6.45, 7) is 2.49. The Labute approximate surface area is 150 Å². The van der Waals surface area contributed by atoms with Crippen molar-refractivity contribution in [3.63, 3.8) is 0 Å². The minimum Gasteiger partial charge on any atom is -0.490 e. The zero-order valence-electron chi connectivity index (χ0n) is 14.1. The summed E-state index contributed by atoms with van der Waals surface area (Å²) >= 11 is 0. The molecule has 136 valence electrons. The molecule has 8 nitrogen and oxygen atoms in total. The lowest BCUT2D eigenvalue weighted by atomic mass is 10.1. The van der Waals surface area contributed by atoms with Gasteiger partial charge >= 0.3 is 6.17 Å². The van der Waals surface area contributed by atoms with Gasteiger partial charge in [0.05, 0.1) is 12.7 Å². The zero-order valence-corrected chi connectivity index (χ0v) is 14.1. The van der Waals surface area contributed by atoms with Gasteiger partial charge in [0.15, 0.2) is 11.5 Å². The Kier molecular flexibility index (Phi) is 6.67. The van der Waals surface area contributed by atoms with Gasteiger partial charge in [-0.25, -0.2) is 0 Å². The molecule has 0 amide bonds. The molecule has 0 unspecified atom stereocenters. The predicted molar refractivity (Wildman–Crippen MR) is 95.2 cm³/mol. The quantitative estimate of drug-likeness (QED) is 0.385. The van der Waals surface area contributed by atoms with Crippen LogP contribution in [-0.4, -0.2) is 22.6 Å². The third kappa shape index (κ3) is 5.04. The van der Waals surface area contributed by atoms with E-state index in [0.717, 1.165) is 11.6 Å². The molecule has 26 heavy (non-hydrogen) atoms. The van der Waals surface area contributed by atoms with Crippen LogP contribution >= 0.6 is 0 Å². The zero-order chi connectivity index (χ0) is 18.9. The minimum atomic E-state index is -2.02. The summed E-state index contributed by atoms with van der Waals surface area (Å²) < 4.78 is 11.4. The Bertz CT molecular complexity index is 778. The van der Waals surface area contributed by atoms with Gasteiger partial charge in [-0.05, 0) is 24.6 Å².